The lowest BCUT2D eigenvalue weighted by atomic mass is 10.1. The molecule has 1 fully saturated rings. The Morgan fingerprint density at radius 3 is 2.69 bits per heavy atom. The number of fused-ring (bicyclic) bond motifs is 1. The summed E-state index contributed by atoms with van der Waals surface area (Å²) in [6.07, 6.45) is -7.06. The van der Waals surface area contributed by atoms with Gasteiger partial charge >= 0.3 is 6.18 Å². The Morgan fingerprint density at radius 2 is 2.00 bits per heavy atom. The molecule has 0 radical (unpaired) electrons. The summed E-state index contributed by atoms with van der Waals surface area (Å²) in [5, 5.41) is 32.1. The van der Waals surface area contributed by atoms with Gasteiger partial charge in [0.15, 0.2) is 17.7 Å². The maximum absolute atomic E-state index is 12.9. The molecule has 170 valence electrons. The normalized spacial score (nSPS) is 23.7. The Bertz CT molecular complexity index is 1180. The van der Waals surface area contributed by atoms with Crippen LogP contribution >= 0.6 is 11.8 Å². The van der Waals surface area contributed by atoms with E-state index in [-0.39, 0.29) is 27.6 Å². The second kappa shape index (κ2) is 8.16. The van der Waals surface area contributed by atoms with E-state index in [0.29, 0.717) is 6.07 Å². The fourth-order valence-electron chi connectivity index (χ4n) is 3.28. The molecule has 4 rings (SSSR count). The van der Waals surface area contributed by atoms with Gasteiger partial charge in [0.1, 0.15) is 24.1 Å². The van der Waals surface area contributed by atoms with Gasteiger partial charge in [0.05, 0.1) is 27.8 Å². The highest BCUT2D eigenvalue weighted by Crippen LogP contribution is 2.39. The van der Waals surface area contributed by atoms with Gasteiger partial charge in [0.25, 0.3) is 5.69 Å². The van der Waals surface area contributed by atoms with Crippen LogP contribution in [0.3, 0.4) is 0 Å². The zero-order valence-corrected chi connectivity index (χ0v) is 16.7. The maximum Gasteiger partial charge on any atom is 0.416 e. The summed E-state index contributed by atoms with van der Waals surface area (Å²) in [5.74, 6) is 0.0357. The number of aliphatic hydroxyl groups excluding tert-OH is 2. The number of alkyl halides is 3. The van der Waals surface area contributed by atoms with Crippen molar-refractivity contribution in [3.63, 3.8) is 0 Å². The van der Waals surface area contributed by atoms with Crippen LogP contribution in [0.1, 0.15) is 11.8 Å². The maximum atomic E-state index is 12.9. The van der Waals surface area contributed by atoms with Gasteiger partial charge in [-0.15, -0.1) is 11.8 Å². The smallest absolute Gasteiger partial charge is 0.387 e. The molecule has 1 saturated heterocycles. The molecule has 2 aromatic heterocycles. The molecular weight excluding hydrogens is 457 g/mol. The van der Waals surface area contributed by atoms with Gasteiger partial charge in [-0.2, -0.15) is 13.2 Å². The number of anilines is 1. The van der Waals surface area contributed by atoms with E-state index in [9.17, 15) is 33.5 Å². The van der Waals surface area contributed by atoms with Crippen molar-refractivity contribution in [2.45, 2.75) is 35.6 Å². The Labute approximate surface area is 181 Å². The average Bonchev–Trinajstić information content (AvgIpc) is 3.28. The van der Waals surface area contributed by atoms with E-state index in [1.165, 1.54) is 17.2 Å². The molecule has 11 nitrogen and oxygen atoms in total. The van der Waals surface area contributed by atoms with Gasteiger partial charge in [0, 0.05) is 11.8 Å². The van der Waals surface area contributed by atoms with Crippen LogP contribution in [0.15, 0.2) is 35.7 Å². The summed E-state index contributed by atoms with van der Waals surface area (Å²) in [7, 11) is 0. The lowest BCUT2D eigenvalue weighted by Crippen LogP contribution is -2.32. The molecule has 1 aliphatic heterocycles. The van der Waals surface area contributed by atoms with E-state index in [1.807, 2.05) is 0 Å². The molecule has 0 aliphatic carbocycles. The Hall–Kier alpha value is -3.01. The van der Waals surface area contributed by atoms with Crippen molar-refractivity contribution in [1.82, 2.24) is 19.5 Å². The number of ether oxygens (including phenoxy) is 1. The summed E-state index contributed by atoms with van der Waals surface area (Å²) >= 11 is 0.827. The molecule has 0 amide bonds. The van der Waals surface area contributed by atoms with Crippen LogP contribution in [-0.4, -0.2) is 58.7 Å². The minimum atomic E-state index is -4.73. The number of aromatic nitrogens is 4. The number of imidazole rings is 1. The van der Waals surface area contributed by atoms with Crippen LogP contribution in [0.5, 0.6) is 0 Å². The number of rotatable bonds is 5. The molecule has 4 N–H and O–H groups in total. The van der Waals surface area contributed by atoms with Crippen LogP contribution in [0.25, 0.3) is 11.2 Å². The molecule has 0 spiro atoms. The summed E-state index contributed by atoms with van der Waals surface area (Å²) in [5.41, 5.74) is 4.41. The standard InChI is InChI=1S/C17H15F3N6O5S/c18-17(19,20)7-1-2-10(8(3-7)26(29)30)32-4-9-12(27)13(28)16(31-9)25-6-24-11-14(21)22-5-23-15(11)25/h1-3,5-6,9,12-13,16,27-28H,4H2,(H2,21,22,23)/t9-,12-,13-,16-/m1/s1. The molecule has 3 heterocycles. The second-order valence-electron chi connectivity index (χ2n) is 6.88. The summed E-state index contributed by atoms with van der Waals surface area (Å²) in [6.45, 7) is 0. The second-order valence-corrected chi connectivity index (χ2v) is 7.94. The molecule has 15 heteroatoms. The zero-order chi connectivity index (χ0) is 23.2. The van der Waals surface area contributed by atoms with E-state index in [1.54, 1.807) is 0 Å². The first kappa shape index (κ1) is 22.2. The van der Waals surface area contributed by atoms with Crippen molar-refractivity contribution in [2.24, 2.45) is 0 Å². The van der Waals surface area contributed by atoms with Gasteiger partial charge in [0.2, 0.25) is 0 Å². The summed E-state index contributed by atoms with van der Waals surface area (Å²) in [6, 6.07) is 2.18. The first-order chi connectivity index (χ1) is 15.1. The quantitative estimate of drug-likeness (QED) is 0.283. The highest BCUT2D eigenvalue weighted by molar-refractivity contribution is 7.99. The number of nitrogen functional groups attached to an aromatic ring is 1. The van der Waals surface area contributed by atoms with Crippen molar-refractivity contribution in [3.8, 4) is 0 Å². The molecule has 0 bridgehead atoms. The molecule has 3 aromatic rings. The van der Waals surface area contributed by atoms with Crippen molar-refractivity contribution in [2.75, 3.05) is 11.5 Å². The average molecular weight is 472 g/mol. The largest absolute Gasteiger partial charge is 0.416 e. The minimum absolute atomic E-state index is 0.0367. The lowest BCUT2D eigenvalue weighted by Gasteiger charge is -2.16. The Kier molecular flexibility index (Phi) is 5.66. The highest BCUT2D eigenvalue weighted by atomic mass is 32.2. The van der Waals surface area contributed by atoms with Crippen LogP contribution in [0, 0.1) is 10.1 Å². The molecule has 4 atom stereocenters. The molecule has 0 unspecified atom stereocenters. The lowest BCUT2D eigenvalue weighted by molar-refractivity contribution is -0.388. The van der Waals surface area contributed by atoms with Crippen molar-refractivity contribution in [3.05, 3.63) is 46.5 Å². The number of halogens is 3. The molecule has 1 aliphatic rings. The third-order valence-electron chi connectivity index (χ3n) is 4.88. The molecule has 0 saturated carbocycles. The van der Waals surface area contributed by atoms with Crippen LogP contribution in [0.2, 0.25) is 0 Å². The number of nitro groups is 1. The zero-order valence-electron chi connectivity index (χ0n) is 15.9. The number of benzene rings is 1. The molecule has 1 aromatic carbocycles. The van der Waals surface area contributed by atoms with Gasteiger partial charge in [-0.1, -0.05) is 0 Å². The van der Waals surface area contributed by atoms with Crippen LogP contribution in [-0.2, 0) is 10.9 Å². The third-order valence-corrected chi connectivity index (χ3v) is 6.04. The number of nitrogens with zero attached hydrogens (tertiary/aromatic N) is 5. The van der Waals surface area contributed by atoms with Gasteiger partial charge < -0.3 is 20.7 Å². The minimum Gasteiger partial charge on any atom is -0.387 e. The number of hydrogen-bond donors (Lipinski definition) is 3. The topological polar surface area (TPSA) is 162 Å². The summed E-state index contributed by atoms with van der Waals surface area (Å²) < 4.78 is 45.7. The van der Waals surface area contributed by atoms with Gasteiger partial charge in [-0.3, -0.25) is 14.7 Å². The van der Waals surface area contributed by atoms with Crippen molar-refractivity contribution in [1.29, 1.82) is 0 Å². The molecular formula is C17H15F3N6O5S. The van der Waals surface area contributed by atoms with Gasteiger partial charge in [-0.05, 0) is 12.1 Å². The SMILES string of the molecule is Nc1ncnc2c1ncn2[C@@H]1O[C@H](CSc2ccc(C(F)(F)F)cc2[N+](=O)[O-])[C@@H](O)[C@H]1O. The number of nitro benzene ring substituents is 1. The van der Waals surface area contributed by atoms with Crippen LogP contribution in [0.4, 0.5) is 24.7 Å². The van der Waals surface area contributed by atoms with Crippen LogP contribution < -0.4 is 5.73 Å². The monoisotopic (exact) mass is 472 g/mol. The highest BCUT2D eigenvalue weighted by Gasteiger charge is 2.44. The number of aliphatic hydroxyl groups is 2. The van der Waals surface area contributed by atoms with E-state index < -0.39 is 46.9 Å². The Balaban J connectivity index is 1.53. The van der Waals surface area contributed by atoms with Crippen molar-refractivity contribution >= 4 is 34.4 Å². The van der Waals surface area contributed by atoms with E-state index in [4.69, 9.17) is 10.5 Å². The van der Waals surface area contributed by atoms with E-state index >= 15 is 0 Å². The van der Waals surface area contributed by atoms with E-state index in [2.05, 4.69) is 15.0 Å². The predicted molar refractivity (Wildman–Crippen MR) is 104 cm³/mol. The fourth-order valence-corrected chi connectivity index (χ4v) is 4.35. The number of hydrogen-bond acceptors (Lipinski definition) is 10. The first-order valence-electron chi connectivity index (χ1n) is 9.01. The predicted octanol–water partition coefficient (Wildman–Crippen LogP) is 1.75. The van der Waals surface area contributed by atoms with Gasteiger partial charge in [-0.25, -0.2) is 15.0 Å². The molecule has 32 heavy (non-hydrogen) atoms. The Morgan fingerprint density at radius 1 is 1.25 bits per heavy atom. The fraction of sp³-hybridized carbons (Fsp3) is 0.353. The van der Waals surface area contributed by atoms with Crippen molar-refractivity contribution < 1.29 is 33.0 Å². The van der Waals surface area contributed by atoms with E-state index in [0.717, 1.165) is 23.9 Å². The number of nitrogens with two attached hydrogens (primary N) is 1. The summed E-state index contributed by atoms with van der Waals surface area (Å²) in [4.78, 5) is 22.2. The first-order valence-corrected chi connectivity index (χ1v) is 9.99. The third kappa shape index (κ3) is 3.94. The number of thioether (sulfide) groups is 1.